The summed E-state index contributed by atoms with van der Waals surface area (Å²) in [6.07, 6.45) is 0.780. The van der Waals surface area contributed by atoms with Gasteiger partial charge in [-0.3, -0.25) is 10.1 Å². The molecule has 0 unspecified atom stereocenters. The van der Waals surface area contributed by atoms with Gasteiger partial charge >= 0.3 is 6.09 Å². The summed E-state index contributed by atoms with van der Waals surface area (Å²) in [7, 11) is 0. The fourth-order valence-electron chi connectivity index (χ4n) is 3.59. The number of anilines is 1. The summed E-state index contributed by atoms with van der Waals surface area (Å²) in [4.78, 5) is 14.5. The van der Waals surface area contributed by atoms with Gasteiger partial charge in [0.15, 0.2) is 5.75 Å². The quantitative estimate of drug-likeness (QED) is 0.365. The number of benzene rings is 2. The molecule has 1 aromatic heterocycles. The fourth-order valence-corrected chi connectivity index (χ4v) is 3.59. The Morgan fingerprint density at radius 1 is 1.03 bits per heavy atom. The number of hydrogen-bond donors (Lipinski definition) is 2. The van der Waals surface area contributed by atoms with Crippen LogP contribution in [-0.2, 0) is 24.5 Å². The number of pyridine rings is 1. The molecule has 1 heterocycles. The molecule has 2 N–H and O–H groups in total. The molecule has 3 aromatic rings. The summed E-state index contributed by atoms with van der Waals surface area (Å²) < 4.78 is 12.5. The monoisotopic (exact) mass is 501 g/mol. The number of carbonyl (C=O) groups excluding carboxylic acids is 1. The third-order valence-electron chi connectivity index (χ3n) is 5.49. The second-order valence-electron chi connectivity index (χ2n) is 9.37. The second-order valence-corrected chi connectivity index (χ2v) is 9.37. The molecule has 0 spiro atoms. The van der Waals surface area contributed by atoms with E-state index < -0.39 is 18.3 Å². The van der Waals surface area contributed by atoms with Crippen LogP contribution >= 0.6 is 0 Å². The van der Waals surface area contributed by atoms with Crippen molar-refractivity contribution in [1.82, 2.24) is 0 Å². The molecule has 0 fully saturated rings. The normalized spacial score (nSPS) is 10.8. The summed E-state index contributed by atoms with van der Waals surface area (Å²) in [5, 5.41) is 39.0. The highest BCUT2D eigenvalue weighted by molar-refractivity contribution is 5.88. The van der Waals surface area contributed by atoms with E-state index in [0.717, 1.165) is 10.3 Å². The highest BCUT2D eigenvalue weighted by Crippen LogP contribution is 2.29. The molecule has 3 rings (SSSR count). The van der Waals surface area contributed by atoms with Crippen LogP contribution in [0.4, 0.5) is 10.5 Å². The van der Waals surface area contributed by atoms with Crippen molar-refractivity contribution in [3.05, 3.63) is 88.2 Å². The van der Waals surface area contributed by atoms with Crippen molar-refractivity contribution >= 4 is 11.8 Å². The van der Waals surface area contributed by atoms with Crippen molar-refractivity contribution in [2.75, 3.05) is 4.90 Å². The molecule has 0 atom stereocenters. The van der Waals surface area contributed by atoms with E-state index in [-0.39, 0.29) is 18.9 Å². The molecule has 0 saturated heterocycles. The maximum atomic E-state index is 13.2. The highest BCUT2D eigenvalue weighted by Gasteiger charge is 2.29. The molecule has 37 heavy (non-hydrogen) atoms. The average molecular weight is 502 g/mol. The Kier molecular flexibility index (Phi) is 8.33. The number of aliphatic hydroxyl groups is 1. The van der Waals surface area contributed by atoms with Crippen LogP contribution in [0.3, 0.4) is 0 Å². The van der Waals surface area contributed by atoms with E-state index in [1.165, 1.54) is 11.1 Å². The van der Waals surface area contributed by atoms with Gasteiger partial charge in [0, 0.05) is 22.9 Å². The van der Waals surface area contributed by atoms with Crippen molar-refractivity contribution in [2.24, 2.45) is 0 Å². The first-order valence-electron chi connectivity index (χ1n) is 11.6. The number of rotatable bonds is 7. The van der Waals surface area contributed by atoms with E-state index in [2.05, 4.69) is 6.07 Å². The standard InChI is InChI=1S/C28H29N4O5/c1-19-26(36-18-22-7-5-20(13-29)6-8-22)25(17-33)23(16-32(19)35)15-31(27(34)37-28(2,3)4)24-11-9-21(14-30)10-12-24/h5-12,16,33,35H,15,17-18H2,1-4H3/q+1. The van der Waals surface area contributed by atoms with Gasteiger partial charge < -0.3 is 14.6 Å². The smallest absolute Gasteiger partial charge is 0.415 e. The number of carbonyl (C=O) groups is 1. The molecular formula is C28H29N4O5+. The van der Waals surface area contributed by atoms with Crippen molar-refractivity contribution in [3.8, 4) is 17.9 Å². The van der Waals surface area contributed by atoms with E-state index in [9.17, 15) is 15.1 Å². The number of hydrogen-bond acceptors (Lipinski definition) is 7. The van der Waals surface area contributed by atoms with Crippen molar-refractivity contribution in [3.63, 3.8) is 0 Å². The lowest BCUT2D eigenvalue weighted by Crippen LogP contribution is -2.39. The summed E-state index contributed by atoms with van der Waals surface area (Å²) in [5.41, 5.74) is 2.67. The Labute approximate surface area is 215 Å². The zero-order chi connectivity index (χ0) is 27.2. The minimum Gasteiger partial charge on any atom is -0.482 e. The van der Waals surface area contributed by atoms with Crippen molar-refractivity contribution < 1.29 is 29.3 Å². The molecule has 9 heteroatoms. The van der Waals surface area contributed by atoms with E-state index in [1.54, 1.807) is 76.2 Å². The maximum absolute atomic E-state index is 13.2. The van der Waals surface area contributed by atoms with Gasteiger partial charge in [-0.1, -0.05) is 12.1 Å². The van der Waals surface area contributed by atoms with E-state index >= 15 is 0 Å². The zero-order valence-electron chi connectivity index (χ0n) is 21.2. The van der Waals surface area contributed by atoms with Crippen LogP contribution in [0, 0.1) is 29.6 Å². The van der Waals surface area contributed by atoms with Crippen LogP contribution in [0.1, 0.15) is 54.3 Å². The van der Waals surface area contributed by atoms with Crippen LogP contribution in [-0.4, -0.2) is 22.0 Å². The first-order valence-corrected chi connectivity index (χ1v) is 11.6. The Balaban J connectivity index is 1.99. The lowest BCUT2D eigenvalue weighted by Gasteiger charge is -2.28. The Bertz CT molecular complexity index is 1350. The Morgan fingerprint density at radius 2 is 1.59 bits per heavy atom. The van der Waals surface area contributed by atoms with Gasteiger partial charge in [-0.15, -0.1) is 0 Å². The largest absolute Gasteiger partial charge is 0.482 e. The van der Waals surface area contributed by atoms with Crippen LogP contribution in [0.25, 0.3) is 0 Å². The van der Waals surface area contributed by atoms with Crippen LogP contribution in [0.5, 0.6) is 5.75 Å². The van der Waals surface area contributed by atoms with Crippen LogP contribution < -0.4 is 14.4 Å². The topological polar surface area (TPSA) is 131 Å². The lowest BCUT2D eigenvalue weighted by molar-refractivity contribution is -0.909. The lowest BCUT2D eigenvalue weighted by atomic mass is 10.1. The number of nitrogens with zero attached hydrogens (tertiary/aromatic N) is 4. The highest BCUT2D eigenvalue weighted by atomic mass is 16.6. The number of aliphatic hydroxyl groups excluding tert-OH is 1. The number of ether oxygens (including phenoxy) is 2. The van der Waals surface area contributed by atoms with Gasteiger partial charge in [-0.25, -0.2) is 4.79 Å². The number of amides is 1. The van der Waals surface area contributed by atoms with Gasteiger partial charge in [0.25, 0.3) is 5.69 Å². The molecule has 0 radical (unpaired) electrons. The zero-order valence-corrected chi connectivity index (χ0v) is 21.2. The summed E-state index contributed by atoms with van der Waals surface area (Å²) in [6, 6.07) is 17.4. The van der Waals surface area contributed by atoms with E-state index in [4.69, 9.17) is 20.0 Å². The summed E-state index contributed by atoms with van der Waals surface area (Å²) >= 11 is 0. The minimum atomic E-state index is -0.763. The molecule has 2 aromatic carbocycles. The first-order chi connectivity index (χ1) is 17.6. The summed E-state index contributed by atoms with van der Waals surface area (Å²) in [5.74, 6) is 0.274. The molecule has 0 saturated carbocycles. The van der Waals surface area contributed by atoms with Gasteiger partial charge in [-0.05, 0) is 62.7 Å². The molecule has 9 nitrogen and oxygen atoms in total. The van der Waals surface area contributed by atoms with Gasteiger partial charge in [0.2, 0.25) is 6.20 Å². The van der Waals surface area contributed by atoms with Gasteiger partial charge in [-0.2, -0.15) is 10.5 Å². The average Bonchev–Trinajstić information content (AvgIpc) is 2.87. The molecule has 0 bridgehead atoms. The van der Waals surface area contributed by atoms with Gasteiger partial charge in [0.05, 0.1) is 42.0 Å². The number of nitriles is 2. The van der Waals surface area contributed by atoms with Crippen molar-refractivity contribution in [1.29, 1.82) is 10.5 Å². The van der Waals surface area contributed by atoms with Crippen LogP contribution in [0.15, 0.2) is 54.7 Å². The fraction of sp³-hybridized carbons (Fsp3) is 0.286. The summed E-state index contributed by atoms with van der Waals surface area (Å²) in [6.45, 7) is 6.58. The third kappa shape index (κ3) is 6.75. The maximum Gasteiger partial charge on any atom is 0.415 e. The van der Waals surface area contributed by atoms with E-state index in [1.807, 2.05) is 6.07 Å². The molecule has 190 valence electrons. The second kappa shape index (κ2) is 11.4. The van der Waals surface area contributed by atoms with Crippen molar-refractivity contribution in [2.45, 2.75) is 53.1 Å². The molecule has 0 aliphatic heterocycles. The minimum absolute atomic E-state index is 0.0508. The Morgan fingerprint density at radius 3 is 2.11 bits per heavy atom. The molecule has 0 aliphatic rings. The first kappa shape index (κ1) is 27.0. The predicted molar refractivity (Wildman–Crippen MR) is 134 cm³/mol. The molecule has 1 amide bonds. The molecule has 0 aliphatic carbocycles. The van der Waals surface area contributed by atoms with E-state index in [0.29, 0.717) is 33.6 Å². The Hall–Kier alpha value is -4.60. The van der Waals surface area contributed by atoms with Crippen LogP contribution in [0.2, 0.25) is 0 Å². The van der Waals surface area contributed by atoms with Gasteiger partial charge in [0.1, 0.15) is 12.2 Å². The number of aromatic nitrogens is 1. The predicted octanol–water partition coefficient (Wildman–Crippen LogP) is 4.28. The SMILES string of the molecule is Cc1c(OCc2ccc(C#N)cc2)c(CO)c(CN(C(=O)OC(C)(C)C)c2ccc(C#N)cc2)c[n+]1O. The molecular weight excluding hydrogens is 472 g/mol. The third-order valence-corrected chi connectivity index (χ3v) is 5.49.